The van der Waals surface area contributed by atoms with E-state index in [2.05, 4.69) is 20.8 Å². The fourth-order valence-electron chi connectivity index (χ4n) is 1.31. The number of hydrogen-bond donors (Lipinski definition) is 1. The van der Waals surface area contributed by atoms with Crippen molar-refractivity contribution in [3.05, 3.63) is 0 Å². The topological polar surface area (TPSA) is 43.1 Å². The summed E-state index contributed by atoms with van der Waals surface area (Å²) in [5, 5.41) is 0. The summed E-state index contributed by atoms with van der Waals surface area (Å²) in [7, 11) is 0. The number of rotatable bonds is 2. The SMILES string of the molecule is CC(C)(C)CC(N)C(=O)C(C)(C)C. The standard InChI is InChI=1S/C11H23NO/c1-10(2,3)7-8(12)9(13)11(4,5)6/h8H,7,12H2,1-6H3. The molecule has 0 aliphatic heterocycles. The Kier molecular flexibility index (Phi) is 3.68. The summed E-state index contributed by atoms with van der Waals surface area (Å²) in [5.41, 5.74) is 5.65. The average molecular weight is 185 g/mol. The summed E-state index contributed by atoms with van der Waals surface area (Å²) in [6.07, 6.45) is 0.753. The van der Waals surface area contributed by atoms with Crippen molar-refractivity contribution in [3.8, 4) is 0 Å². The van der Waals surface area contributed by atoms with Gasteiger partial charge in [0.25, 0.3) is 0 Å². The van der Waals surface area contributed by atoms with Gasteiger partial charge in [-0.3, -0.25) is 4.79 Å². The molecule has 78 valence electrons. The lowest BCUT2D eigenvalue weighted by atomic mass is 9.80. The van der Waals surface area contributed by atoms with Crippen LogP contribution in [0.4, 0.5) is 0 Å². The number of carbonyl (C=O) groups is 1. The van der Waals surface area contributed by atoms with E-state index in [0.717, 1.165) is 6.42 Å². The summed E-state index contributed by atoms with van der Waals surface area (Å²) in [6, 6.07) is -0.319. The first-order valence-corrected chi connectivity index (χ1v) is 4.84. The Balaban J connectivity index is 4.30. The summed E-state index contributed by atoms with van der Waals surface area (Å²) >= 11 is 0. The Labute approximate surface area is 81.9 Å². The van der Waals surface area contributed by atoms with Crippen LogP contribution in [0.15, 0.2) is 0 Å². The Morgan fingerprint density at radius 1 is 1.15 bits per heavy atom. The highest BCUT2D eigenvalue weighted by molar-refractivity contribution is 5.88. The van der Waals surface area contributed by atoms with E-state index in [-0.39, 0.29) is 22.7 Å². The molecule has 2 heteroatoms. The molecule has 0 saturated carbocycles. The van der Waals surface area contributed by atoms with Gasteiger partial charge in [0.2, 0.25) is 0 Å². The molecule has 0 rings (SSSR count). The molecule has 0 aliphatic carbocycles. The molecule has 0 fully saturated rings. The number of carbonyl (C=O) groups excluding carboxylic acids is 1. The molecule has 0 radical (unpaired) electrons. The molecule has 13 heavy (non-hydrogen) atoms. The van der Waals surface area contributed by atoms with Crippen molar-refractivity contribution >= 4 is 5.78 Å². The highest BCUT2D eigenvalue weighted by Gasteiger charge is 2.29. The quantitative estimate of drug-likeness (QED) is 0.717. The smallest absolute Gasteiger partial charge is 0.154 e. The lowest BCUT2D eigenvalue weighted by molar-refractivity contribution is -0.128. The van der Waals surface area contributed by atoms with Crippen LogP contribution in [-0.2, 0) is 4.79 Å². The van der Waals surface area contributed by atoms with Crippen LogP contribution >= 0.6 is 0 Å². The Bertz CT molecular complexity index is 183. The minimum atomic E-state index is -0.319. The van der Waals surface area contributed by atoms with Gasteiger partial charge >= 0.3 is 0 Å². The largest absolute Gasteiger partial charge is 0.321 e. The fourth-order valence-corrected chi connectivity index (χ4v) is 1.31. The number of Topliss-reactive ketones (excluding diaryl/α,β-unsaturated/α-hetero) is 1. The summed E-state index contributed by atoms with van der Waals surface area (Å²) < 4.78 is 0. The monoisotopic (exact) mass is 185 g/mol. The van der Waals surface area contributed by atoms with Crippen LogP contribution < -0.4 is 5.73 Å². The lowest BCUT2D eigenvalue weighted by Crippen LogP contribution is -2.41. The molecule has 2 N–H and O–H groups in total. The van der Waals surface area contributed by atoms with Gasteiger partial charge < -0.3 is 5.73 Å². The van der Waals surface area contributed by atoms with E-state index in [1.54, 1.807) is 0 Å². The van der Waals surface area contributed by atoms with Crippen molar-refractivity contribution in [2.75, 3.05) is 0 Å². The molecule has 0 saturated heterocycles. The molecular weight excluding hydrogens is 162 g/mol. The second kappa shape index (κ2) is 3.79. The van der Waals surface area contributed by atoms with Crippen LogP contribution in [0.25, 0.3) is 0 Å². The molecule has 0 heterocycles. The van der Waals surface area contributed by atoms with Crippen LogP contribution in [0.5, 0.6) is 0 Å². The van der Waals surface area contributed by atoms with Gasteiger partial charge in [-0.25, -0.2) is 0 Å². The molecule has 0 spiro atoms. The molecule has 1 atom stereocenters. The summed E-state index contributed by atoms with van der Waals surface area (Å²) in [5.74, 6) is 0.155. The normalized spacial score (nSPS) is 15.6. The van der Waals surface area contributed by atoms with E-state index in [1.165, 1.54) is 0 Å². The molecule has 0 amide bonds. The van der Waals surface area contributed by atoms with Crippen LogP contribution in [-0.4, -0.2) is 11.8 Å². The minimum Gasteiger partial charge on any atom is -0.321 e. The zero-order chi connectivity index (χ0) is 10.9. The first kappa shape index (κ1) is 12.6. The predicted octanol–water partition coefficient (Wildman–Crippen LogP) is 2.37. The predicted molar refractivity (Wildman–Crippen MR) is 56.5 cm³/mol. The van der Waals surface area contributed by atoms with E-state index in [9.17, 15) is 4.79 Å². The molecular formula is C11H23NO. The van der Waals surface area contributed by atoms with Crippen molar-refractivity contribution in [1.82, 2.24) is 0 Å². The maximum Gasteiger partial charge on any atom is 0.154 e. The van der Waals surface area contributed by atoms with Crippen LogP contribution in [0.3, 0.4) is 0 Å². The molecule has 0 bridgehead atoms. The van der Waals surface area contributed by atoms with Crippen molar-refractivity contribution in [3.63, 3.8) is 0 Å². The Morgan fingerprint density at radius 3 is 1.77 bits per heavy atom. The number of nitrogens with two attached hydrogens (primary N) is 1. The van der Waals surface area contributed by atoms with E-state index < -0.39 is 0 Å². The van der Waals surface area contributed by atoms with Crippen molar-refractivity contribution < 1.29 is 4.79 Å². The molecule has 0 aromatic heterocycles. The van der Waals surface area contributed by atoms with Gasteiger partial charge in [-0.15, -0.1) is 0 Å². The van der Waals surface area contributed by atoms with Gasteiger partial charge in [-0.05, 0) is 11.8 Å². The fraction of sp³-hybridized carbons (Fsp3) is 0.909. The van der Waals surface area contributed by atoms with Crippen molar-refractivity contribution in [2.24, 2.45) is 16.6 Å². The third-order valence-corrected chi connectivity index (χ3v) is 1.91. The number of ketones is 1. The van der Waals surface area contributed by atoms with Crippen molar-refractivity contribution in [2.45, 2.75) is 54.0 Å². The van der Waals surface area contributed by atoms with Crippen LogP contribution in [0.1, 0.15) is 48.0 Å². The third-order valence-electron chi connectivity index (χ3n) is 1.91. The summed E-state index contributed by atoms with van der Waals surface area (Å²) in [4.78, 5) is 11.7. The van der Waals surface area contributed by atoms with Gasteiger partial charge in [0.05, 0.1) is 6.04 Å². The number of hydrogen-bond acceptors (Lipinski definition) is 2. The highest BCUT2D eigenvalue weighted by Crippen LogP contribution is 2.24. The third kappa shape index (κ3) is 5.04. The molecule has 1 unspecified atom stereocenters. The van der Waals surface area contributed by atoms with E-state index in [4.69, 9.17) is 5.73 Å². The second-order valence-corrected chi connectivity index (χ2v) is 5.99. The van der Waals surface area contributed by atoms with E-state index in [1.807, 2.05) is 20.8 Å². The van der Waals surface area contributed by atoms with Gasteiger partial charge in [0.15, 0.2) is 5.78 Å². The first-order chi connectivity index (χ1) is 5.54. The maximum atomic E-state index is 11.7. The molecule has 2 nitrogen and oxygen atoms in total. The first-order valence-electron chi connectivity index (χ1n) is 4.84. The lowest BCUT2D eigenvalue weighted by Gasteiger charge is -2.27. The van der Waals surface area contributed by atoms with Crippen LogP contribution in [0.2, 0.25) is 0 Å². The van der Waals surface area contributed by atoms with Gasteiger partial charge in [-0.2, -0.15) is 0 Å². The van der Waals surface area contributed by atoms with Gasteiger partial charge in [0.1, 0.15) is 0 Å². The van der Waals surface area contributed by atoms with E-state index in [0.29, 0.717) is 0 Å². The highest BCUT2D eigenvalue weighted by atomic mass is 16.1. The Hall–Kier alpha value is -0.370. The molecule has 0 aliphatic rings. The van der Waals surface area contributed by atoms with Gasteiger partial charge in [-0.1, -0.05) is 41.5 Å². The maximum absolute atomic E-state index is 11.7. The Morgan fingerprint density at radius 2 is 1.54 bits per heavy atom. The molecule has 0 aromatic carbocycles. The zero-order valence-corrected chi connectivity index (χ0v) is 9.77. The minimum absolute atomic E-state index is 0.125. The van der Waals surface area contributed by atoms with Crippen molar-refractivity contribution in [1.29, 1.82) is 0 Å². The zero-order valence-electron chi connectivity index (χ0n) is 9.77. The molecule has 0 aromatic rings. The average Bonchev–Trinajstić information content (AvgIpc) is 1.79. The van der Waals surface area contributed by atoms with E-state index >= 15 is 0 Å². The van der Waals surface area contributed by atoms with Crippen LogP contribution in [0, 0.1) is 10.8 Å². The summed E-state index contributed by atoms with van der Waals surface area (Å²) in [6.45, 7) is 12.0. The second-order valence-electron chi connectivity index (χ2n) is 5.99. The van der Waals surface area contributed by atoms with Gasteiger partial charge in [0, 0.05) is 5.41 Å².